The summed E-state index contributed by atoms with van der Waals surface area (Å²) in [5.41, 5.74) is 0. The van der Waals surface area contributed by atoms with E-state index < -0.39 is 43.6 Å². The highest BCUT2D eigenvalue weighted by Crippen LogP contribution is 2.50. The molecule has 2 rings (SSSR count). The number of benzene rings is 1. The van der Waals surface area contributed by atoms with E-state index in [1.807, 2.05) is 5.19 Å². The molecule has 1 aromatic rings. The van der Waals surface area contributed by atoms with Crippen LogP contribution in [-0.4, -0.2) is 43.6 Å². The minimum absolute atomic E-state index is 1.09. The van der Waals surface area contributed by atoms with Gasteiger partial charge in [0.05, 0.1) is 15.2 Å². The van der Waals surface area contributed by atoms with Gasteiger partial charge in [0.2, 0.25) is 0 Å². The van der Waals surface area contributed by atoms with Crippen LogP contribution >= 0.6 is 0 Å². The molecule has 24 heavy (non-hydrogen) atoms. The van der Waals surface area contributed by atoms with Gasteiger partial charge in [0.25, 0.3) is 0 Å². The first-order valence-electron chi connectivity index (χ1n) is 9.57. The lowest BCUT2D eigenvalue weighted by atomic mass is 10.4. The van der Waals surface area contributed by atoms with Crippen molar-refractivity contribution < 1.29 is 0 Å². The van der Waals surface area contributed by atoms with Crippen LogP contribution in [0.3, 0.4) is 0 Å². The fourth-order valence-electron chi connectivity index (χ4n) is 5.62. The Hall–Kier alpha value is 0.521. The summed E-state index contributed by atoms with van der Waals surface area (Å²) >= 11 is 0. The number of hydrogen-bond acceptors (Lipinski definition) is 0. The van der Waals surface area contributed by atoms with Crippen LogP contribution in [0.25, 0.3) is 0 Å². The van der Waals surface area contributed by atoms with Crippen LogP contribution in [-0.2, 0) is 0 Å². The highest BCUT2D eigenvalue weighted by molar-refractivity contribution is 8.14. The van der Waals surface area contributed by atoms with Crippen LogP contribution in [0.5, 0.6) is 0 Å². The molecule has 0 unspecified atom stereocenters. The first kappa shape index (κ1) is 20.8. The van der Waals surface area contributed by atoms with Crippen molar-refractivity contribution in [1.29, 1.82) is 0 Å². The summed E-state index contributed by atoms with van der Waals surface area (Å²) in [4.78, 5) is 0. The molecular weight excluding hydrogens is 385 g/mol. The molecule has 0 aliphatic carbocycles. The Balaban J connectivity index is 2.71. The van der Waals surface area contributed by atoms with Gasteiger partial charge in [0.1, 0.15) is 0 Å². The second-order valence-corrected chi connectivity index (χ2v) is 75.9. The minimum atomic E-state index is -1.35. The first-order valence-corrected chi connectivity index (χ1v) is 32.6. The fraction of sp³-hybridized carbons (Fsp3) is 0.667. The molecule has 6 heteroatoms. The van der Waals surface area contributed by atoms with Gasteiger partial charge in [-0.3, -0.25) is 0 Å². The van der Waals surface area contributed by atoms with E-state index in [4.69, 9.17) is 0 Å². The van der Waals surface area contributed by atoms with Crippen molar-refractivity contribution in [2.75, 3.05) is 0 Å². The van der Waals surface area contributed by atoms with E-state index >= 15 is 0 Å². The lowest BCUT2D eigenvalue weighted by Gasteiger charge is -2.47. The van der Waals surface area contributed by atoms with Gasteiger partial charge in [-0.2, -0.15) is 0 Å². The van der Waals surface area contributed by atoms with Gasteiger partial charge in [-0.05, 0) is 0 Å². The zero-order valence-corrected chi connectivity index (χ0v) is 24.3. The monoisotopic (exact) mass is 424 g/mol. The maximum absolute atomic E-state index is 2.85. The quantitative estimate of drug-likeness (QED) is 0.600. The van der Waals surface area contributed by atoms with Gasteiger partial charge in [0.15, 0.2) is 0 Å². The van der Waals surface area contributed by atoms with Crippen LogP contribution in [0.15, 0.2) is 24.3 Å². The minimum Gasteiger partial charge on any atom is -0.0735 e. The van der Waals surface area contributed by atoms with E-state index in [1.165, 1.54) is 0 Å². The number of hydrogen-bond donors (Lipinski definition) is 0. The van der Waals surface area contributed by atoms with Crippen molar-refractivity contribution in [2.24, 2.45) is 0 Å². The molecule has 0 amide bonds. The van der Waals surface area contributed by atoms with Gasteiger partial charge >= 0.3 is 0 Å². The predicted molar refractivity (Wildman–Crippen MR) is 131 cm³/mol. The molecule has 1 aromatic carbocycles. The van der Waals surface area contributed by atoms with E-state index in [2.05, 4.69) is 103 Å². The topological polar surface area (TPSA) is 0 Å². The van der Waals surface area contributed by atoms with Crippen LogP contribution in [0.4, 0.5) is 0 Å². The Morgan fingerprint density at radius 2 is 0.875 bits per heavy atom. The molecule has 0 saturated carbocycles. The SMILES string of the molecule is C[Si](C)(C)c1ccc([Si]2(C)[Si](C)(C)[Si](C)(C)[Si](C)(C)[Si]2(C)C)cc1. The summed E-state index contributed by atoms with van der Waals surface area (Å²) < 4.78 is 0. The van der Waals surface area contributed by atoms with Crippen LogP contribution in [0, 0.1) is 0 Å². The maximum Gasteiger partial charge on any atom is 0.0775 e. The Morgan fingerprint density at radius 3 is 1.17 bits per heavy atom. The van der Waals surface area contributed by atoms with Gasteiger partial charge in [-0.25, -0.2) is 0 Å². The number of rotatable bonds is 2. The molecule has 0 radical (unpaired) electrons. The largest absolute Gasteiger partial charge is 0.0775 e. The Bertz CT molecular complexity index is 608. The first-order chi connectivity index (χ1) is 10.5. The van der Waals surface area contributed by atoms with Crippen LogP contribution < -0.4 is 10.4 Å². The van der Waals surface area contributed by atoms with Crippen LogP contribution in [0.1, 0.15) is 0 Å². The molecule has 0 spiro atoms. The van der Waals surface area contributed by atoms with Crippen molar-refractivity contribution in [3.63, 3.8) is 0 Å². The highest BCUT2D eigenvalue weighted by atomic mass is 30.2. The summed E-state index contributed by atoms with van der Waals surface area (Å²) in [6.07, 6.45) is 0. The molecule has 136 valence electrons. The Kier molecular flexibility index (Phi) is 4.78. The zero-order valence-electron chi connectivity index (χ0n) is 18.3. The second-order valence-electron chi connectivity index (χ2n) is 11.5. The molecule has 1 fully saturated rings. The lowest BCUT2D eigenvalue weighted by molar-refractivity contribution is 1.69. The Morgan fingerprint density at radius 1 is 0.542 bits per heavy atom. The van der Waals surface area contributed by atoms with Crippen molar-refractivity contribution in [1.82, 2.24) is 0 Å². The summed E-state index contributed by atoms with van der Waals surface area (Å²) in [7, 11) is -7.09. The summed E-state index contributed by atoms with van der Waals surface area (Å²) in [5, 5.41) is 3.48. The van der Waals surface area contributed by atoms with E-state index in [-0.39, 0.29) is 0 Å². The molecule has 0 N–H and O–H groups in total. The smallest absolute Gasteiger partial charge is 0.0735 e. The average molecular weight is 425 g/mol. The van der Waals surface area contributed by atoms with E-state index in [1.54, 1.807) is 5.19 Å². The van der Waals surface area contributed by atoms with Crippen molar-refractivity contribution >= 4 is 54.0 Å². The molecule has 1 saturated heterocycles. The molecule has 0 nitrogen and oxygen atoms in total. The third-order valence-electron chi connectivity index (χ3n) is 9.52. The average Bonchev–Trinajstić information content (AvgIpc) is 2.48. The fourth-order valence-corrected chi connectivity index (χ4v) is 208. The van der Waals surface area contributed by atoms with Crippen molar-refractivity contribution in [3.05, 3.63) is 24.3 Å². The van der Waals surface area contributed by atoms with E-state index in [0.29, 0.717) is 0 Å². The maximum atomic E-state index is 2.85. The highest BCUT2D eigenvalue weighted by Gasteiger charge is 2.77. The molecule has 0 aromatic heterocycles. The van der Waals surface area contributed by atoms with Gasteiger partial charge < -0.3 is 0 Å². The second kappa shape index (κ2) is 5.51. The summed E-state index contributed by atoms with van der Waals surface area (Å²) in [6.45, 7) is 32.8. The van der Waals surface area contributed by atoms with Gasteiger partial charge in [0, 0.05) is 28.4 Å². The molecule has 1 heterocycles. The molecule has 1 aliphatic heterocycles. The standard InChI is InChI=1S/C18H40Si6/c1-19(2,3)17-13-15-18(16-14-17)24(12)22(8,9)20(4,5)21(6,7)23(24,10)11/h13-16H,1-12H3. The lowest BCUT2D eigenvalue weighted by Crippen LogP contribution is -2.77. The van der Waals surface area contributed by atoms with Crippen molar-refractivity contribution in [2.45, 2.75) is 78.6 Å². The third-order valence-corrected chi connectivity index (χ3v) is 138. The molecular formula is C18H40Si6. The predicted octanol–water partition coefficient (Wildman–Crippen LogP) is 4.76. The normalized spacial score (nSPS) is 26.3. The van der Waals surface area contributed by atoms with E-state index in [0.717, 1.165) is 0 Å². The molecule has 0 atom stereocenters. The third kappa shape index (κ3) is 2.29. The summed E-state index contributed by atoms with van der Waals surface area (Å²) in [5.74, 6) is 0. The van der Waals surface area contributed by atoms with E-state index in [9.17, 15) is 0 Å². The zero-order chi connectivity index (χ0) is 19.0. The van der Waals surface area contributed by atoms with Crippen LogP contribution in [0.2, 0.25) is 78.6 Å². The Labute approximate surface area is 156 Å². The van der Waals surface area contributed by atoms with Gasteiger partial charge in [-0.15, -0.1) is 0 Å². The summed E-state index contributed by atoms with van der Waals surface area (Å²) in [6, 6.07) is 10.3. The van der Waals surface area contributed by atoms with Crippen molar-refractivity contribution in [3.8, 4) is 0 Å². The molecule has 0 bridgehead atoms. The van der Waals surface area contributed by atoms with Gasteiger partial charge in [-0.1, -0.05) is 113 Å². The molecule has 1 aliphatic rings.